The lowest BCUT2D eigenvalue weighted by molar-refractivity contribution is 0.201. The normalized spacial score (nSPS) is 24.5. The van der Waals surface area contributed by atoms with Crippen LogP contribution in [0, 0.1) is 6.92 Å². The molecule has 1 aromatic heterocycles. The van der Waals surface area contributed by atoms with Gasteiger partial charge in [-0.15, -0.1) is 0 Å². The first-order valence-corrected chi connectivity index (χ1v) is 9.62. The van der Waals surface area contributed by atoms with Crippen molar-refractivity contribution in [1.82, 2.24) is 19.6 Å². The molecule has 136 valence electrons. The minimum Gasteiger partial charge on any atom is -0.370 e. The van der Waals surface area contributed by atoms with Crippen LogP contribution >= 0.6 is 0 Å². The number of hydrogen-bond acceptors (Lipinski definition) is 4. The van der Waals surface area contributed by atoms with Crippen molar-refractivity contribution in [1.29, 1.82) is 0 Å². The summed E-state index contributed by atoms with van der Waals surface area (Å²) in [5.41, 5.74) is 0.564. The summed E-state index contributed by atoms with van der Waals surface area (Å²) in [7, 11) is 2.23. The Morgan fingerprint density at radius 1 is 1.12 bits per heavy atom. The van der Waals surface area contributed by atoms with Gasteiger partial charge < -0.3 is 9.62 Å². The SMILES string of the molecule is CB1C(C)B(C)N2c3nc(C)nn3C(C)(C)C2N1C.CC.CCC. The molecular formula is C17H37B2N5. The lowest BCUT2D eigenvalue weighted by Gasteiger charge is -2.50. The third kappa shape index (κ3) is 3.24. The smallest absolute Gasteiger partial charge is 0.254 e. The molecule has 0 spiro atoms. The summed E-state index contributed by atoms with van der Waals surface area (Å²) in [5.74, 6) is 1.90. The van der Waals surface area contributed by atoms with E-state index >= 15 is 0 Å². The van der Waals surface area contributed by atoms with E-state index in [1.807, 2.05) is 20.8 Å². The number of aromatic nitrogens is 3. The Morgan fingerprint density at radius 2 is 1.62 bits per heavy atom. The zero-order valence-electron chi connectivity index (χ0n) is 17.8. The molecule has 0 N–H and O–H groups in total. The molecule has 0 saturated carbocycles. The third-order valence-electron chi connectivity index (χ3n) is 5.36. The molecule has 0 radical (unpaired) electrons. The Hall–Kier alpha value is -0.970. The predicted molar refractivity (Wildman–Crippen MR) is 108 cm³/mol. The first kappa shape index (κ1) is 21.1. The largest absolute Gasteiger partial charge is 0.370 e. The quantitative estimate of drug-likeness (QED) is 0.672. The molecule has 2 aliphatic heterocycles. The van der Waals surface area contributed by atoms with Crippen LogP contribution in [0.3, 0.4) is 0 Å². The van der Waals surface area contributed by atoms with Gasteiger partial charge in [-0.05, 0) is 27.8 Å². The van der Waals surface area contributed by atoms with Crippen LogP contribution in [0.15, 0.2) is 0 Å². The number of aryl methyl sites for hydroxylation is 1. The van der Waals surface area contributed by atoms with E-state index in [1.54, 1.807) is 0 Å². The van der Waals surface area contributed by atoms with Crippen molar-refractivity contribution >= 4 is 19.6 Å². The standard InChI is InChI=1S/C12H23B2N5.C3H8.C2H6/c1-8-13(5)17(7)10-12(3,4)19-11(15-9(2)16-19)18(10)14(8)6;1-3-2;1-2/h8,10H,1-7H3;3H2,1-2H3;1-2H3. The van der Waals surface area contributed by atoms with E-state index in [-0.39, 0.29) is 5.54 Å². The molecular weight excluding hydrogens is 296 g/mol. The van der Waals surface area contributed by atoms with E-state index in [9.17, 15) is 0 Å². The van der Waals surface area contributed by atoms with Gasteiger partial charge >= 0.3 is 0 Å². The summed E-state index contributed by atoms with van der Waals surface area (Å²) >= 11 is 0. The molecule has 5 nitrogen and oxygen atoms in total. The van der Waals surface area contributed by atoms with Gasteiger partial charge in [-0.1, -0.05) is 60.4 Å². The molecule has 7 heteroatoms. The first-order valence-electron chi connectivity index (χ1n) is 9.62. The first-order chi connectivity index (χ1) is 11.2. The highest BCUT2D eigenvalue weighted by Crippen LogP contribution is 2.44. The van der Waals surface area contributed by atoms with Crippen molar-refractivity contribution < 1.29 is 0 Å². The van der Waals surface area contributed by atoms with Gasteiger partial charge in [0.1, 0.15) is 5.82 Å². The zero-order valence-corrected chi connectivity index (χ0v) is 17.8. The monoisotopic (exact) mass is 333 g/mol. The minimum absolute atomic E-state index is 0.0476. The van der Waals surface area contributed by atoms with Gasteiger partial charge in [-0.25, -0.2) is 4.68 Å². The van der Waals surface area contributed by atoms with Gasteiger partial charge in [0.05, 0.1) is 11.7 Å². The molecule has 3 rings (SSSR count). The highest BCUT2D eigenvalue weighted by Gasteiger charge is 2.56. The maximum absolute atomic E-state index is 4.67. The van der Waals surface area contributed by atoms with Crippen LogP contribution in [0.2, 0.25) is 19.4 Å². The molecule has 0 aromatic carbocycles. The average Bonchev–Trinajstić information content (AvgIpc) is 3.01. The van der Waals surface area contributed by atoms with E-state index in [2.05, 4.69) is 79.7 Å². The molecule has 1 saturated heterocycles. The second-order valence-corrected chi connectivity index (χ2v) is 7.52. The fourth-order valence-corrected chi connectivity index (χ4v) is 3.87. The Kier molecular flexibility index (Phi) is 6.97. The number of hydrogen-bond donors (Lipinski definition) is 0. The molecule has 0 aliphatic carbocycles. The van der Waals surface area contributed by atoms with Crippen LogP contribution in [0.25, 0.3) is 0 Å². The van der Waals surface area contributed by atoms with Gasteiger partial charge in [0.15, 0.2) is 0 Å². The molecule has 3 heterocycles. The second-order valence-electron chi connectivity index (χ2n) is 7.52. The van der Waals surface area contributed by atoms with Crippen molar-refractivity contribution in [3.05, 3.63) is 5.82 Å². The summed E-state index contributed by atoms with van der Waals surface area (Å²) in [4.78, 5) is 9.61. The Morgan fingerprint density at radius 3 is 2.12 bits per heavy atom. The van der Waals surface area contributed by atoms with Crippen LogP contribution in [-0.4, -0.2) is 46.5 Å². The van der Waals surface area contributed by atoms with Crippen molar-refractivity contribution in [2.75, 3.05) is 11.9 Å². The predicted octanol–water partition coefficient (Wildman–Crippen LogP) is 4.03. The summed E-state index contributed by atoms with van der Waals surface area (Å²) in [6, 6.07) is 0. The number of fused-ring (bicyclic) bond motifs is 3. The molecule has 1 aromatic rings. The van der Waals surface area contributed by atoms with E-state index in [0.29, 0.717) is 25.6 Å². The van der Waals surface area contributed by atoms with E-state index < -0.39 is 0 Å². The molecule has 2 aliphatic rings. The Labute approximate surface area is 150 Å². The third-order valence-corrected chi connectivity index (χ3v) is 5.36. The Bertz CT molecular complexity index is 531. The van der Waals surface area contributed by atoms with Crippen molar-refractivity contribution in [3.8, 4) is 0 Å². The topological polar surface area (TPSA) is 37.2 Å². The molecule has 24 heavy (non-hydrogen) atoms. The van der Waals surface area contributed by atoms with Gasteiger partial charge in [0, 0.05) is 0 Å². The van der Waals surface area contributed by atoms with Crippen LogP contribution in [0.1, 0.15) is 60.7 Å². The number of anilines is 1. The fraction of sp³-hybridized carbons (Fsp3) is 0.882. The lowest BCUT2D eigenvalue weighted by Crippen LogP contribution is -2.68. The van der Waals surface area contributed by atoms with E-state index in [4.69, 9.17) is 0 Å². The molecule has 0 amide bonds. The van der Waals surface area contributed by atoms with Gasteiger partial charge in [0.2, 0.25) is 12.8 Å². The van der Waals surface area contributed by atoms with Crippen molar-refractivity contribution in [2.24, 2.45) is 0 Å². The van der Waals surface area contributed by atoms with Gasteiger partial charge in [-0.2, -0.15) is 10.1 Å². The lowest BCUT2D eigenvalue weighted by atomic mass is 9.30. The Balaban J connectivity index is 0.000000521. The summed E-state index contributed by atoms with van der Waals surface area (Å²) in [5, 5.41) is 4.62. The summed E-state index contributed by atoms with van der Waals surface area (Å²) in [6.45, 7) is 22.8. The molecule has 2 unspecified atom stereocenters. The maximum atomic E-state index is 4.67. The second kappa shape index (κ2) is 7.94. The van der Waals surface area contributed by atoms with Crippen LogP contribution in [0.5, 0.6) is 0 Å². The molecule has 0 bridgehead atoms. The van der Waals surface area contributed by atoms with Gasteiger partial charge in [0.25, 0.3) is 6.85 Å². The molecule has 2 atom stereocenters. The number of nitrogens with zero attached hydrogens (tertiary/aromatic N) is 5. The summed E-state index contributed by atoms with van der Waals surface area (Å²) in [6.07, 6.45) is 1.59. The van der Waals surface area contributed by atoms with Crippen molar-refractivity contribution in [2.45, 2.75) is 92.9 Å². The van der Waals surface area contributed by atoms with Crippen LogP contribution in [-0.2, 0) is 5.54 Å². The highest BCUT2D eigenvalue weighted by molar-refractivity contribution is 6.80. The number of likely N-dealkylation sites (N-methyl/N-ethyl adjacent to an activating group) is 1. The van der Waals surface area contributed by atoms with E-state index in [1.165, 1.54) is 6.42 Å². The van der Waals surface area contributed by atoms with Gasteiger partial charge in [-0.3, -0.25) is 0 Å². The zero-order chi connectivity index (χ0) is 18.8. The average molecular weight is 333 g/mol. The minimum atomic E-state index is -0.0476. The van der Waals surface area contributed by atoms with Crippen LogP contribution < -0.4 is 4.81 Å². The van der Waals surface area contributed by atoms with Crippen molar-refractivity contribution in [3.63, 3.8) is 0 Å². The fourth-order valence-electron chi connectivity index (χ4n) is 3.87. The van der Waals surface area contributed by atoms with Crippen LogP contribution in [0.4, 0.5) is 5.95 Å². The highest BCUT2D eigenvalue weighted by atomic mass is 15.6. The molecule has 1 fully saturated rings. The maximum Gasteiger partial charge on any atom is 0.254 e. The summed E-state index contributed by atoms with van der Waals surface area (Å²) < 4.78 is 2.12. The number of rotatable bonds is 0. The van der Waals surface area contributed by atoms with E-state index in [0.717, 1.165) is 11.8 Å².